The first-order chi connectivity index (χ1) is 5.54. The molecule has 0 bridgehead atoms. The molecular formula is C8H10BO2S. The Kier molecular flexibility index (Phi) is 2.57. The van der Waals surface area contributed by atoms with Crippen molar-refractivity contribution in [1.82, 2.24) is 0 Å². The molecule has 1 rings (SSSR count). The molecule has 0 aromatic heterocycles. The van der Waals surface area contributed by atoms with Gasteiger partial charge < -0.3 is 0 Å². The van der Waals surface area contributed by atoms with E-state index in [1.807, 2.05) is 14.1 Å². The van der Waals surface area contributed by atoms with Crippen LogP contribution in [-0.4, -0.2) is 22.0 Å². The Labute approximate surface area is 73.8 Å². The van der Waals surface area contributed by atoms with E-state index in [1.54, 1.807) is 24.3 Å². The Morgan fingerprint density at radius 3 is 2.00 bits per heavy atom. The van der Waals surface area contributed by atoms with Crippen LogP contribution in [0.1, 0.15) is 0 Å². The van der Waals surface area contributed by atoms with Crippen LogP contribution in [0.5, 0.6) is 0 Å². The first-order valence-corrected chi connectivity index (χ1v) is 5.52. The molecule has 1 aromatic carbocycles. The minimum absolute atomic E-state index is 0.369. The summed E-state index contributed by atoms with van der Waals surface area (Å²) in [5, 5.41) is 0. The summed E-state index contributed by atoms with van der Waals surface area (Å²) >= 11 is 0. The fourth-order valence-electron chi connectivity index (χ4n) is 0.907. The molecule has 63 valence electrons. The summed E-state index contributed by atoms with van der Waals surface area (Å²) in [4.78, 5) is 0.369. The van der Waals surface area contributed by atoms with Crippen LogP contribution in [0, 0.1) is 0 Å². The van der Waals surface area contributed by atoms with Gasteiger partial charge in [-0.05, 0) is 12.1 Å². The second kappa shape index (κ2) is 3.31. The van der Waals surface area contributed by atoms with E-state index in [0.29, 0.717) is 4.90 Å². The zero-order chi connectivity index (χ0) is 9.19. The monoisotopic (exact) mass is 181 g/mol. The van der Waals surface area contributed by atoms with Crippen molar-refractivity contribution in [1.29, 1.82) is 0 Å². The molecule has 12 heavy (non-hydrogen) atoms. The van der Waals surface area contributed by atoms with Gasteiger partial charge in [-0.3, -0.25) is 0 Å². The maximum Gasteiger partial charge on any atom is 0.175 e. The predicted molar refractivity (Wildman–Crippen MR) is 50.8 cm³/mol. The summed E-state index contributed by atoms with van der Waals surface area (Å²) < 4.78 is 22.0. The van der Waals surface area contributed by atoms with Gasteiger partial charge in [-0.1, -0.05) is 24.4 Å². The van der Waals surface area contributed by atoms with E-state index in [4.69, 9.17) is 0 Å². The largest absolute Gasteiger partial charge is 0.224 e. The van der Waals surface area contributed by atoms with Crippen molar-refractivity contribution < 1.29 is 8.42 Å². The van der Waals surface area contributed by atoms with Crippen LogP contribution in [0.4, 0.5) is 0 Å². The second-order valence-electron chi connectivity index (χ2n) is 2.63. The highest BCUT2D eigenvalue weighted by Crippen LogP contribution is 2.04. The standard InChI is InChI=1S/C8H10BO2S/c1-9-7-3-5-8(6-4-7)12(2,10)11/h3-6H,1-2H3. The molecule has 0 unspecified atom stereocenters. The summed E-state index contributed by atoms with van der Waals surface area (Å²) in [7, 11) is -1.12. The molecule has 1 aromatic rings. The van der Waals surface area contributed by atoms with Crippen molar-refractivity contribution in [3.8, 4) is 0 Å². The number of hydrogen-bond acceptors (Lipinski definition) is 2. The van der Waals surface area contributed by atoms with Gasteiger partial charge in [-0.2, -0.15) is 0 Å². The van der Waals surface area contributed by atoms with Crippen molar-refractivity contribution >= 4 is 22.6 Å². The van der Waals surface area contributed by atoms with E-state index >= 15 is 0 Å². The lowest BCUT2D eigenvalue weighted by Crippen LogP contribution is -2.10. The molecule has 0 aliphatic carbocycles. The van der Waals surface area contributed by atoms with Gasteiger partial charge in [0, 0.05) is 6.26 Å². The maximum absolute atomic E-state index is 11.0. The van der Waals surface area contributed by atoms with Gasteiger partial charge in [0.05, 0.1) is 4.90 Å². The van der Waals surface area contributed by atoms with Crippen LogP contribution in [0.3, 0.4) is 0 Å². The minimum Gasteiger partial charge on any atom is -0.224 e. The van der Waals surface area contributed by atoms with Crippen molar-refractivity contribution in [3.05, 3.63) is 24.3 Å². The van der Waals surface area contributed by atoms with E-state index in [-0.39, 0.29) is 0 Å². The Bertz CT molecular complexity index is 353. The van der Waals surface area contributed by atoms with Crippen molar-refractivity contribution in [2.75, 3.05) is 6.26 Å². The molecule has 0 fully saturated rings. The highest BCUT2D eigenvalue weighted by Gasteiger charge is 2.04. The van der Waals surface area contributed by atoms with Gasteiger partial charge >= 0.3 is 0 Å². The Hall–Kier alpha value is -0.765. The number of benzene rings is 1. The van der Waals surface area contributed by atoms with E-state index in [0.717, 1.165) is 5.46 Å². The topological polar surface area (TPSA) is 34.1 Å². The van der Waals surface area contributed by atoms with Gasteiger partial charge in [0.25, 0.3) is 0 Å². The minimum atomic E-state index is -3.04. The molecule has 0 saturated carbocycles. The lowest BCUT2D eigenvalue weighted by Gasteiger charge is -1.98. The zero-order valence-electron chi connectivity index (χ0n) is 7.11. The lowest BCUT2D eigenvalue weighted by molar-refractivity contribution is 0.602. The summed E-state index contributed by atoms with van der Waals surface area (Å²) in [6, 6.07) is 6.81. The summed E-state index contributed by atoms with van der Waals surface area (Å²) in [6.07, 6.45) is 1.21. The molecule has 0 aliphatic rings. The number of hydrogen-bond donors (Lipinski definition) is 0. The average molecular weight is 181 g/mol. The SMILES string of the molecule is C[B]c1ccc(S(C)(=O)=O)cc1. The molecule has 2 nitrogen and oxygen atoms in total. The molecule has 0 saturated heterocycles. The normalized spacial score (nSPS) is 11.2. The molecular weight excluding hydrogens is 171 g/mol. The van der Waals surface area contributed by atoms with E-state index in [1.165, 1.54) is 6.26 Å². The Morgan fingerprint density at radius 2 is 1.67 bits per heavy atom. The van der Waals surface area contributed by atoms with Crippen LogP contribution in [0.15, 0.2) is 29.2 Å². The van der Waals surface area contributed by atoms with Crippen LogP contribution in [-0.2, 0) is 9.84 Å². The summed E-state index contributed by atoms with van der Waals surface area (Å²) in [5.74, 6) is 0. The smallest absolute Gasteiger partial charge is 0.175 e. The van der Waals surface area contributed by atoms with Crippen molar-refractivity contribution in [3.63, 3.8) is 0 Å². The molecule has 4 heteroatoms. The molecule has 0 atom stereocenters. The molecule has 0 spiro atoms. The van der Waals surface area contributed by atoms with Crippen LogP contribution >= 0.6 is 0 Å². The predicted octanol–water partition coefficient (Wildman–Crippen LogP) is 0.468. The fraction of sp³-hybridized carbons (Fsp3) is 0.250. The molecule has 0 amide bonds. The summed E-state index contributed by atoms with van der Waals surface area (Å²) in [6.45, 7) is 1.91. The van der Waals surface area contributed by atoms with Gasteiger partial charge in [0.15, 0.2) is 9.84 Å². The zero-order valence-corrected chi connectivity index (χ0v) is 7.93. The van der Waals surface area contributed by atoms with Crippen LogP contribution in [0.2, 0.25) is 6.82 Å². The molecule has 0 heterocycles. The number of sulfone groups is 1. The third-order valence-corrected chi connectivity index (χ3v) is 2.77. The quantitative estimate of drug-likeness (QED) is 0.621. The second-order valence-corrected chi connectivity index (χ2v) is 4.65. The van der Waals surface area contributed by atoms with Gasteiger partial charge in [0.1, 0.15) is 7.28 Å². The third kappa shape index (κ3) is 2.11. The van der Waals surface area contributed by atoms with E-state index in [2.05, 4.69) is 0 Å². The molecule has 0 N–H and O–H groups in total. The van der Waals surface area contributed by atoms with Gasteiger partial charge in [-0.15, -0.1) is 0 Å². The first-order valence-electron chi connectivity index (χ1n) is 3.63. The van der Waals surface area contributed by atoms with Crippen LogP contribution in [0.25, 0.3) is 0 Å². The molecule has 1 radical (unpaired) electrons. The molecule has 0 aliphatic heterocycles. The summed E-state index contributed by atoms with van der Waals surface area (Å²) in [5.41, 5.74) is 1.03. The van der Waals surface area contributed by atoms with Gasteiger partial charge in [0.2, 0.25) is 0 Å². The van der Waals surface area contributed by atoms with E-state index < -0.39 is 9.84 Å². The Balaban J connectivity index is 3.09. The third-order valence-electron chi connectivity index (χ3n) is 1.64. The van der Waals surface area contributed by atoms with Crippen molar-refractivity contribution in [2.45, 2.75) is 11.7 Å². The van der Waals surface area contributed by atoms with Gasteiger partial charge in [-0.25, -0.2) is 8.42 Å². The highest BCUT2D eigenvalue weighted by atomic mass is 32.2. The average Bonchev–Trinajstić information content (AvgIpc) is 2.03. The number of rotatable bonds is 2. The van der Waals surface area contributed by atoms with Crippen LogP contribution < -0.4 is 5.46 Å². The fourth-order valence-corrected chi connectivity index (χ4v) is 1.54. The highest BCUT2D eigenvalue weighted by molar-refractivity contribution is 7.90. The first kappa shape index (κ1) is 9.32. The Morgan fingerprint density at radius 1 is 1.17 bits per heavy atom. The lowest BCUT2D eigenvalue weighted by atomic mass is 9.74. The maximum atomic E-state index is 11.0. The van der Waals surface area contributed by atoms with E-state index in [9.17, 15) is 8.42 Å². The van der Waals surface area contributed by atoms with Crippen molar-refractivity contribution in [2.24, 2.45) is 0 Å².